The lowest BCUT2D eigenvalue weighted by Gasteiger charge is -2.30. The van der Waals surface area contributed by atoms with Crippen LogP contribution in [0.4, 0.5) is 0 Å². The molecular weight excluding hydrogens is 1570 g/mol. The van der Waals surface area contributed by atoms with Crippen molar-refractivity contribution in [2.24, 2.45) is 0 Å². The van der Waals surface area contributed by atoms with Gasteiger partial charge in [0.25, 0.3) is 34.1 Å². The van der Waals surface area contributed by atoms with Crippen LogP contribution in [0.2, 0.25) is 0 Å². The summed E-state index contributed by atoms with van der Waals surface area (Å²) in [5, 5.41) is 5.29. The minimum atomic E-state index is -1.01. The third-order valence-electron chi connectivity index (χ3n) is 25.8. The first-order valence-corrected chi connectivity index (χ1v) is 44.1. The summed E-state index contributed by atoms with van der Waals surface area (Å²) in [6, 6.07) is 77.4. The van der Waals surface area contributed by atoms with E-state index in [1.165, 1.54) is 16.7 Å². The highest BCUT2D eigenvalue weighted by Gasteiger charge is 2.42. The zero-order valence-electron chi connectivity index (χ0n) is 73.7. The summed E-state index contributed by atoms with van der Waals surface area (Å²) in [5.41, 5.74) is 15.6. The van der Waals surface area contributed by atoms with Gasteiger partial charge in [0.15, 0.2) is 0 Å². The van der Waals surface area contributed by atoms with Crippen molar-refractivity contribution in [1.29, 1.82) is 0 Å². The highest BCUT2D eigenvalue weighted by Crippen LogP contribution is 2.54. The molecule has 2 amide bonds. The van der Waals surface area contributed by atoms with Crippen molar-refractivity contribution in [1.82, 2.24) is 29.2 Å². The maximum Gasteiger partial charge on any atom is 0.281 e. The first kappa shape index (κ1) is 80.9. The first-order valence-electron chi connectivity index (χ1n) is 44.1. The lowest BCUT2D eigenvalue weighted by Crippen LogP contribution is -2.55. The van der Waals surface area contributed by atoms with Crippen molar-refractivity contribution in [3.8, 4) is 78.6 Å². The Labute approximate surface area is 735 Å². The molecule has 3 aliphatic heterocycles. The van der Waals surface area contributed by atoms with Gasteiger partial charge in [-0.1, -0.05) is 280 Å². The van der Waals surface area contributed by atoms with E-state index in [1.54, 1.807) is 12.1 Å². The summed E-state index contributed by atoms with van der Waals surface area (Å²) in [4.78, 5) is 111. The third kappa shape index (κ3) is 13.9. The molecule has 0 radical (unpaired) electrons. The average molecular weight is 1670 g/mol. The second-order valence-corrected chi connectivity index (χ2v) is 38.4. The summed E-state index contributed by atoms with van der Waals surface area (Å²) in [6.07, 6.45) is 14.1. The van der Waals surface area contributed by atoms with E-state index >= 15 is 19.2 Å². The molecule has 15 heteroatoms. The molecule has 0 aliphatic carbocycles. The van der Waals surface area contributed by atoms with Crippen molar-refractivity contribution in [3.05, 3.63) is 328 Å². The van der Waals surface area contributed by atoms with Gasteiger partial charge in [-0.05, 0) is 202 Å². The van der Waals surface area contributed by atoms with Crippen LogP contribution in [-0.4, -0.2) is 41.0 Å². The van der Waals surface area contributed by atoms with E-state index in [0.717, 1.165) is 176 Å². The molecule has 5 aromatic heterocycles. The number of amides is 2. The van der Waals surface area contributed by atoms with E-state index in [0.29, 0.717) is 43.8 Å². The van der Waals surface area contributed by atoms with Crippen molar-refractivity contribution >= 4 is 123 Å². The Morgan fingerprint density at radius 1 is 0.307 bits per heavy atom. The largest absolute Gasteiger partial charge is 0.457 e. The number of rotatable bonds is 17. The molecule has 8 bridgehead atoms. The second-order valence-electron chi connectivity index (χ2n) is 38.4. The van der Waals surface area contributed by atoms with Crippen LogP contribution in [-0.2, 0) is 28.2 Å². The molecule has 0 spiro atoms. The molecule has 628 valence electrons. The number of nitrogens with one attached hydrogen (secondary N) is 2. The molecule has 0 atom stereocenters. The normalized spacial score (nSPS) is 13.2. The number of hydrogen-bond donors (Lipinski definition) is 2. The van der Waals surface area contributed by atoms with E-state index in [-0.39, 0.29) is 77.8 Å². The Balaban J connectivity index is 0.814. The van der Waals surface area contributed by atoms with Crippen molar-refractivity contribution in [3.63, 3.8) is 0 Å². The number of carbonyl (C=O) groups is 2. The molecule has 15 nitrogen and oxygen atoms in total. The summed E-state index contributed by atoms with van der Waals surface area (Å²) in [6.45, 7) is 28.2. The third-order valence-corrected chi connectivity index (χ3v) is 25.8. The highest BCUT2D eigenvalue weighted by molar-refractivity contribution is 6.43. The van der Waals surface area contributed by atoms with Crippen molar-refractivity contribution in [2.75, 3.05) is 5.01 Å². The highest BCUT2D eigenvalue weighted by atomic mass is 16.5. The van der Waals surface area contributed by atoms with Crippen LogP contribution in [0, 0.1) is 0 Å². The summed E-state index contributed by atoms with van der Waals surface area (Å²) in [7, 11) is 0. The summed E-state index contributed by atoms with van der Waals surface area (Å²) in [5.74, 6) is -0.444. The Hall–Kier alpha value is -14.4. The molecule has 2 N–H and O–H groups in total. The zero-order chi connectivity index (χ0) is 88.2. The van der Waals surface area contributed by atoms with E-state index in [2.05, 4.69) is 282 Å². The number of unbranched alkanes of at least 4 members (excludes halogenated alkanes) is 5. The van der Waals surface area contributed by atoms with Gasteiger partial charge in [0.1, 0.15) is 23.0 Å². The van der Waals surface area contributed by atoms with E-state index in [9.17, 15) is 9.59 Å². The quantitative estimate of drug-likeness (QED) is 0.0384. The van der Waals surface area contributed by atoms with Gasteiger partial charge in [-0.25, -0.2) is 9.97 Å². The smallest absolute Gasteiger partial charge is 0.281 e. The number of fused-ring (bicyclic) bond motifs is 12. The summed E-state index contributed by atoms with van der Waals surface area (Å²) >= 11 is 0. The minimum absolute atomic E-state index is 0.0244. The number of aromatic nitrogens is 6. The van der Waals surface area contributed by atoms with Gasteiger partial charge in [-0.15, -0.1) is 0 Å². The van der Waals surface area contributed by atoms with E-state index in [1.807, 2.05) is 48.5 Å². The molecule has 8 heterocycles. The molecule has 17 aromatic rings. The van der Waals surface area contributed by atoms with Gasteiger partial charge >= 0.3 is 0 Å². The topological polar surface area (TPSA) is 191 Å². The van der Waals surface area contributed by atoms with Crippen molar-refractivity contribution < 1.29 is 19.1 Å². The SMILES string of the molecule is CCCCCCCCn1c(=O)c2cc3c(=O)n(N4C(=O)c5cc(Oc6cc(C(C)(C)C)cc(C(C)(C)C)c6)c6c7cccc8c(-c9ccc(-c%10c%11nc(c(-c%12ccccc%12)c%12ccc([nH]%12)c(-c%12ccccc%12)c%12nc(c(-c%13ccccc%13)c%13ccc%10[nH]%13)C=C%12)C=C%11)cc9)ccc(c9c(Oc%10cc(C(C)(C)C)cc(C(C)(C)C)c%10)cc(c5c69)C4=O)c87)c(=O)c3cc2c1=O. The molecule has 0 saturated heterocycles. The first-order chi connectivity index (χ1) is 60.9. The number of carbonyl (C=O) groups excluding carboxylic acids is 2. The number of hydrogen-bond acceptors (Lipinski definition) is 10. The number of ether oxygens (including phenoxy) is 2. The van der Waals surface area contributed by atoms with Crippen LogP contribution in [0.3, 0.4) is 0 Å². The number of aromatic amines is 2. The maximum atomic E-state index is 16.4. The maximum absolute atomic E-state index is 16.4. The molecule has 20 rings (SSSR count). The monoisotopic (exact) mass is 1670 g/mol. The van der Waals surface area contributed by atoms with Crippen LogP contribution < -0.4 is 36.7 Å². The number of imide groups is 1. The molecule has 12 aromatic carbocycles. The van der Waals surface area contributed by atoms with E-state index < -0.39 is 34.1 Å². The van der Waals surface area contributed by atoms with Gasteiger partial charge in [0, 0.05) is 72.4 Å². The Morgan fingerprint density at radius 3 is 1.07 bits per heavy atom. The van der Waals surface area contributed by atoms with Gasteiger partial charge in [-0.3, -0.25) is 33.3 Å². The standard InChI is InChI=1S/C112H97N7O8/c1-14-15-16-17-18-28-52-117-103(120)78-59-80-81(60-79(78)104(117)121)106(123)118(105(80)122)119-107(124)82-61-92(126-72-55-68(109(2,3)4)53-69(56-72)110(5,6)7)100-76-37-29-36-75-74(42-43-77(98(75)76)101-93(62-83(108(119)125)99(82)102(100)101)127-73-57-70(111(8,9)10)54-71(58-73)112(11,12)13)63-38-40-67(41-39-63)97-90-50-48-88(115-90)95(65-32-24-20-25-33-65)86-46-44-84(113-86)94(64-30-22-19-23-31-64)85-45-47-87(114-85)96(66-34-26-21-27-35-66)89-49-51-91(97)116-89/h19-27,29-51,53-62,113,116H,14-18,28,52H2,1-13H3. The second kappa shape index (κ2) is 30.5. The molecule has 127 heavy (non-hydrogen) atoms. The predicted octanol–water partition coefficient (Wildman–Crippen LogP) is 26.3. The molecule has 0 fully saturated rings. The lowest BCUT2D eigenvalue weighted by molar-refractivity contribution is 0.0848. The van der Waals surface area contributed by atoms with Crippen LogP contribution >= 0.6 is 0 Å². The molecule has 3 aliphatic rings. The van der Waals surface area contributed by atoms with Gasteiger partial charge in [-0.2, -0.15) is 9.69 Å². The van der Waals surface area contributed by atoms with Crippen LogP contribution in [0.1, 0.15) is 194 Å². The van der Waals surface area contributed by atoms with Gasteiger partial charge in [0.05, 0.1) is 55.4 Å². The minimum Gasteiger partial charge on any atom is -0.457 e. The Morgan fingerprint density at radius 2 is 0.669 bits per heavy atom. The van der Waals surface area contributed by atoms with Gasteiger partial charge in [0.2, 0.25) is 0 Å². The molecular formula is C112H97N7O8. The number of nitrogens with zero attached hydrogens (tertiary/aromatic N) is 5. The van der Waals surface area contributed by atoms with Crippen LogP contribution in [0.15, 0.2) is 250 Å². The molecule has 0 saturated carbocycles. The van der Waals surface area contributed by atoms with Crippen LogP contribution in [0.25, 0.3) is 167 Å². The van der Waals surface area contributed by atoms with Crippen molar-refractivity contribution in [2.45, 2.75) is 157 Å². The Bertz CT molecular complexity index is 7630. The molecule has 0 unspecified atom stereocenters. The fourth-order valence-corrected chi connectivity index (χ4v) is 19.0. The zero-order valence-corrected chi connectivity index (χ0v) is 73.7. The number of benzene rings is 12. The lowest BCUT2D eigenvalue weighted by atomic mass is 9.80. The fraction of sp³-hybridized carbons (Fsp3) is 0.214. The van der Waals surface area contributed by atoms with Gasteiger partial charge < -0.3 is 19.4 Å². The Kier molecular flexibility index (Phi) is 19.4. The van der Waals surface area contributed by atoms with Crippen LogP contribution in [0.5, 0.6) is 23.0 Å². The number of H-pyrrole nitrogens is 2. The summed E-state index contributed by atoms with van der Waals surface area (Å²) < 4.78 is 16.9. The fourth-order valence-electron chi connectivity index (χ4n) is 19.0. The average Bonchev–Trinajstić information content (AvgIpc) is 1.61. The van der Waals surface area contributed by atoms with E-state index in [4.69, 9.17) is 19.4 Å². The predicted molar refractivity (Wildman–Crippen MR) is 520 cm³/mol.